The summed E-state index contributed by atoms with van der Waals surface area (Å²) in [5.41, 5.74) is 0. The molecule has 1 aliphatic rings. The molecule has 0 amide bonds. The second kappa shape index (κ2) is 4.81. The third-order valence-corrected chi connectivity index (χ3v) is 3.77. The lowest BCUT2D eigenvalue weighted by Gasteiger charge is -2.34. The van der Waals surface area contributed by atoms with Crippen LogP contribution in [-0.4, -0.2) is 11.0 Å². The largest absolute Gasteiger partial charge is 0.367 e. The van der Waals surface area contributed by atoms with Gasteiger partial charge in [-0.1, -0.05) is 26.7 Å². The predicted octanol–water partition coefficient (Wildman–Crippen LogP) is 3.46. The first-order chi connectivity index (χ1) is 7.66. The summed E-state index contributed by atoms with van der Waals surface area (Å²) in [6.45, 7) is 4.58. The van der Waals surface area contributed by atoms with Gasteiger partial charge in [-0.15, -0.1) is 0 Å². The van der Waals surface area contributed by atoms with E-state index in [1.807, 2.05) is 0 Å². The molecule has 0 spiro atoms. The fraction of sp³-hybridized carbons (Fsp3) is 0.615. The van der Waals surface area contributed by atoms with Crippen molar-refractivity contribution in [2.45, 2.75) is 39.2 Å². The van der Waals surface area contributed by atoms with Crippen molar-refractivity contribution in [2.24, 2.45) is 11.8 Å². The zero-order valence-electron chi connectivity index (χ0n) is 9.91. The van der Waals surface area contributed by atoms with Gasteiger partial charge in [0, 0.05) is 6.04 Å². The molecule has 0 bridgehead atoms. The number of rotatable bonds is 2. The molecule has 1 aromatic heterocycles. The van der Waals surface area contributed by atoms with Crippen LogP contribution < -0.4 is 5.32 Å². The summed E-state index contributed by atoms with van der Waals surface area (Å²) in [7, 11) is 0. The van der Waals surface area contributed by atoms with Crippen LogP contribution in [0.1, 0.15) is 33.1 Å². The third-order valence-electron chi connectivity index (χ3n) is 3.77. The van der Waals surface area contributed by atoms with E-state index in [1.54, 1.807) is 6.07 Å². The van der Waals surface area contributed by atoms with Crippen LogP contribution >= 0.6 is 0 Å². The molecule has 3 unspecified atom stereocenters. The number of halogens is 1. The van der Waals surface area contributed by atoms with E-state index in [9.17, 15) is 4.39 Å². The molecule has 16 heavy (non-hydrogen) atoms. The number of nitrogens with zero attached hydrogens (tertiary/aromatic N) is 1. The molecule has 88 valence electrons. The van der Waals surface area contributed by atoms with Crippen LogP contribution in [0.2, 0.25) is 0 Å². The lowest BCUT2D eigenvalue weighted by molar-refractivity contribution is 0.253. The van der Waals surface area contributed by atoms with Gasteiger partial charge in [-0.2, -0.15) is 0 Å². The number of pyridine rings is 1. The average Bonchev–Trinajstić information content (AvgIpc) is 2.28. The Morgan fingerprint density at radius 2 is 2.12 bits per heavy atom. The molecule has 2 nitrogen and oxygen atoms in total. The molecular formula is C13H19FN2. The van der Waals surface area contributed by atoms with Crippen molar-refractivity contribution in [3.63, 3.8) is 0 Å². The standard InChI is InChI=1S/C13H19FN2/c1-9-4-3-5-12(10(9)2)16-13-7-6-11(14)8-15-13/h6-10,12H,3-5H2,1-2H3,(H,15,16). The van der Waals surface area contributed by atoms with E-state index in [2.05, 4.69) is 24.1 Å². The van der Waals surface area contributed by atoms with Crippen LogP contribution in [-0.2, 0) is 0 Å². The quantitative estimate of drug-likeness (QED) is 0.829. The smallest absolute Gasteiger partial charge is 0.141 e. The van der Waals surface area contributed by atoms with Crippen molar-refractivity contribution in [1.82, 2.24) is 4.98 Å². The van der Waals surface area contributed by atoms with Crippen LogP contribution in [0.5, 0.6) is 0 Å². The van der Waals surface area contributed by atoms with Gasteiger partial charge >= 0.3 is 0 Å². The number of aromatic nitrogens is 1. The van der Waals surface area contributed by atoms with E-state index in [0.29, 0.717) is 12.0 Å². The highest BCUT2D eigenvalue weighted by Crippen LogP contribution is 2.31. The summed E-state index contributed by atoms with van der Waals surface area (Å²) in [6, 6.07) is 3.63. The first kappa shape index (κ1) is 11.4. The Morgan fingerprint density at radius 3 is 2.81 bits per heavy atom. The molecule has 3 heteroatoms. The molecule has 0 radical (unpaired) electrons. The molecule has 3 atom stereocenters. The highest BCUT2D eigenvalue weighted by atomic mass is 19.1. The first-order valence-corrected chi connectivity index (χ1v) is 6.05. The Morgan fingerprint density at radius 1 is 1.31 bits per heavy atom. The molecule has 0 aromatic carbocycles. The minimum absolute atomic E-state index is 0.282. The minimum Gasteiger partial charge on any atom is -0.367 e. The Balaban J connectivity index is 2.00. The Kier molecular flexibility index (Phi) is 3.42. The van der Waals surface area contributed by atoms with E-state index >= 15 is 0 Å². The lowest BCUT2D eigenvalue weighted by Crippen LogP contribution is -2.35. The zero-order chi connectivity index (χ0) is 11.5. The maximum absolute atomic E-state index is 12.7. The van der Waals surface area contributed by atoms with Crippen molar-refractivity contribution in [2.75, 3.05) is 5.32 Å². The van der Waals surface area contributed by atoms with E-state index in [4.69, 9.17) is 0 Å². The highest BCUT2D eigenvalue weighted by Gasteiger charge is 2.26. The fourth-order valence-electron chi connectivity index (χ4n) is 2.44. The molecule has 1 saturated carbocycles. The average molecular weight is 222 g/mol. The highest BCUT2D eigenvalue weighted by molar-refractivity contribution is 5.35. The molecule has 1 aromatic rings. The van der Waals surface area contributed by atoms with Crippen LogP contribution in [0.4, 0.5) is 10.2 Å². The van der Waals surface area contributed by atoms with Gasteiger partial charge in [0.1, 0.15) is 11.6 Å². The molecule has 1 N–H and O–H groups in total. The van der Waals surface area contributed by atoms with Crippen molar-refractivity contribution >= 4 is 5.82 Å². The fourth-order valence-corrected chi connectivity index (χ4v) is 2.44. The van der Waals surface area contributed by atoms with Gasteiger partial charge in [0.05, 0.1) is 6.20 Å². The van der Waals surface area contributed by atoms with Crippen molar-refractivity contribution in [3.05, 3.63) is 24.1 Å². The van der Waals surface area contributed by atoms with Gasteiger partial charge in [0.25, 0.3) is 0 Å². The van der Waals surface area contributed by atoms with Crippen LogP contribution in [0.25, 0.3) is 0 Å². The summed E-state index contributed by atoms with van der Waals surface area (Å²) >= 11 is 0. The second-order valence-corrected chi connectivity index (χ2v) is 4.88. The van der Waals surface area contributed by atoms with Gasteiger partial charge in [-0.05, 0) is 30.4 Å². The van der Waals surface area contributed by atoms with Crippen molar-refractivity contribution in [1.29, 1.82) is 0 Å². The Bertz CT molecular complexity index is 336. The molecule has 1 fully saturated rings. The van der Waals surface area contributed by atoms with E-state index in [0.717, 1.165) is 11.7 Å². The van der Waals surface area contributed by atoms with E-state index in [1.165, 1.54) is 31.5 Å². The van der Waals surface area contributed by atoms with Crippen LogP contribution in [0, 0.1) is 17.7 Å². The molecule has 0 saturated heterocycles. The van der Waals surface area contributed by atoms with Crippen LogP contribution in [0.15, 0.2) is 18.3 Å². The Hall–Kier alpha value is -1.12. The van der Waals surface area contributed by atoms with Crippen molar-refractivity contribution in [3.8, 4) is 0 Å². The maximum atomic E-state index is 12.7. The van der Waals surface area contributed by atoms with E-state index in [-0.39, 0.29) is 5.82 Å². The number of hydrogen-bond acceptors (Lipinski definition) is 2. The van der Waals surface area contributed by atoms with E-state index < -0.39 is 0 Å². The number of hydrogen-bond donors (Lipinski definition) is 1. The zero-order valence-corrected chi connectivity index (χ0v) is 9.91. The molecule has 2 rings (SSSR count). The second-order valence-electron chi connectivity index (χ2n) is 4.88. The lowest BCUT2D eigenvalue weighted by atomic mass is 9.78. The maximum Gasteiger partial charge on any atom is 0.141 e. The number of anilines is 1. The first-order valence-electron chi connectivity index (χ1n) is 6.05. The normalized spacial score (nSPS) is 30.1. The molecule has 0 aliphatic heterocycles. The summed E-state index contributed by atoms with van der Waals surface area (Å²) in [5, 5.41) is 3.41. The summed E-state index contributed by atoms with van der Waals surface area (Å²) in [6.07, 6.45) is 5.03. The van der Waals surface area contributed by atoms with Gasteiger partial charge in [0.15, 0.2) is 0 Å². The summed E-state index contributed by atoms with van der Waals surface area (Å²) in [5.74, 6) is 1.91. The van der Waals surface area contributed by atoms with Crippen molar-refractivity contribution < 1.29 is 4.39 Å². The molecule has 1 aliphatic carbocycles. The minimum atomic E-state index is -0.282. The van der Waals surface area contributed by atoms with Crippen LogP contribution in [0.3, 0.4) is 0 Å². The predicted molar refractivity (Wildman–Crippen MR) is 63.8 cm³/mol. The summed E-state index contributed by atoms with van der Waals surface area (Å²) < 4.78 is 12.7. The molecular weight excluding hydrogens is 203 g/mol. The SMILES string of the molecule is CC1CCCC(Nc2ccc(F)cn2)C1C. The third kappa shape index (κ3) is 2.52. The van der Waals surface area contributed by atoms with Gasteiger partial charge < -0.3 is 5.32 Å². The van der Waals surface area contributed by atoms with Gasteiger partial charge in [-0.3, -0.25) is 0 Å². The Labute approximate surface area is 96.3 Å². The number of nitrogens with one attached hydrogen (secondary N) is 1. The molecule has 1 heterocycles. The summed E-state index contributed by atoms with van der Waals surface area (Å²) in [4.78, 5) is 4.05. The van der Waals surface area contributed by atoms with Gasteiger partial charge in [0.2, 0.25) is 0 Å². The van der Waals surface area contributed by atoms with Gasteiger partial charge in [-0.25, -0.2) is 9.37 Å². The monoisotopic (exact) mass is 222 g/mol. The topological polar surface area (TPSA) is 24.9 Å².